The van der Waals surface area contributed by atoms with Crippen LogP contribution in [0.1, 0.15) is 42.5 Å². The van der Waals surface area contributed by atoms with Crippen molar-refractivity contribution in [2.24, 2.45) is 5.41 Å². The molecule has 1 spiro atoms. The predicted molar refractivity (Wildman–Crippen MR) is 113 cm³/mol. The zero-order chi connectivity index (χ0) is 21.1. The molecule has 2 atom stereocenters. The van der Waals surface area contributed by atoms with Crippen molar-refractivity contribution in [2.45, 2.75) is 44.2 Å². The molecule has 166 valence electrons. The molecule has 0 unspecified atom stereocenters. The van der Waals surface area contributed by atoms with Gasteiger partial charge in [-0.2, -0.15) is 0 Å². The summed E-state index contributed by atoms with van der Waals surface area (Å²) in [5.74, 6) is 1.28. The number of methoxy groups -OCH3 is 2. The minimum atomic E-state index is 0.0281. The molecule has 7 heteroatoms. The van der Waals surface area contributed by atoms with E-state index in [1.807, 2.05) is 4.90 Å². The van der Waals surface area contributed by atoms with E-state index in [0.717, 1.165) is 64.9 Å². The molecule has 0 aromatic heterocycles. The fraction of sp³-hybridized carbons (Fsp3) is 0.696. The summed E-state index contributed by atoms with van der Waals surface area (Å²) in [5.41, 5.74) is 0.786. The molecule has 3 heterocycles. The van der Waals surface area contributed by atoms with Crippen molar-refractivity contribution in [1.82, 2.24) is 9.80 Å². The molecular weight excluding hydrogens is 384 g/mol. The van der Waals surface area contributed by atoms with E-state index in [0.29, 0.717) is 23.1 Å². The van der Waals surface area contributed by atoms with Crippen molar-refractivity contribution in [3.8, 4) is 11.5 Å². The number of aliphatic hydroxyl groups is 1. The lowest BCUT2D eigenvalue weighted by Gasteiger charge is -2.38. The quantitative estimate of drug-likeness (QED) is 0.764. The molecule has 3 aliphatic rings. The first-order valence-electron chi connectivity index (χ1n) is 11.0. The Bertz CT molecular complexity index is 725. The van der Waals surface area contributed by atoms with Gasteiger partial charge in [-0.3, -0.25) is 9.69 Å². The van der Waals surface area contributed by atoms with Gasteiger partial charge in [0.1, 0.15) is 11.5 Å². The number of hydrogen-bond donors (Lipinski definition) is 1. The van der Waals surface area contributed by atoms with Gasteiger partial charge in [0.2, 0.25) is 0 Å². The SMILES string of the molecule is COc1cc(OC)cc(C(=O)N2CCC3(CC2)CO[C@@H](CN2CCC[C@H]2CO)C3)c1. The van der Waals surface area contributed by atoms with Crippen LogP contribution in [-0.4, -0.2) is 86.6 Å². The van der Waals surface area contributed by atoms with Gasteiger partial charge in [-0.25, -0.2) is 0 Å². The largest absolute Gasteiger partial charge is 0.497 e. The first-order valence-corrected chi connectivity index (χ1v) is 11.0. The fourth-order valence-electron chi connectivity index (χ4n) is 5.26. The number of aliphatic hydroxyl groups excluding tert-OH is 1. The van der Waals surface area contributed by atoms with Crippen LogP contribution in [0.15, 0.2) is 18.2 Å². The molecule has 1 N–H and O–H groups in total. The molecule has 0 radical (unpaired) electrons. The zero-order valence-electron chi connectivity index (χ0n) is 18.1. The Labute approximate surface area is 178 Å². The second-order valence-corrected chi connectivity index (χ2v) is 9.00. The Morgan fingerprint density at radius 1 is 1.17 bits per heavy atom. The Morgan fingerprint density at radius 3 is 2.50 bits per heavy atom. The van der Waals surface area contributed by atoms with Crippen LogP contribution in [0, 0.1) is 5.41 Å². The highest BCUT2D eigenvalue weighted by Gasteiger charge is 2.44. The number of carbonyl (C=O) groups is 1. The van der Waals surface area contributed by atoms with Gasteiger partial charge in [0.25, 0.3) is 5.91 Å². The van der Waals surface area contributed by atoms with Crippen LogP contribution in [0.25, 0.3) is 0 Å². The van der Waals surface area contributed by atoms with Crippen LogP contribution in [0.5, 0.6) is 11.5 Å². The average molecular weight is 419 g/mol. The van der Waals surface area contributed by atoms with Gasteiger partial charge in [-0.1, -0.05) is 0 Å². The number of likely N-dealkylation sites (tertiary alicyclic amines) is 2. The van der Waals surface area contributed by atoms with E-state index in [-0.39, 0.29) is 24.0 Å². The van der Waals surface area contributed by atoms with E-state index in [2.05, 4.69) is 4.90 Å². The molecule has 3 saturated heterocycles. The normalized spacial score (nSPS) is 26.3. The van der Waals surface area contributed by atoms with Gasteiger partial charge in [0.05, 0.1) is 33.5 Å². The van der Waals surface area contributed by atoms with Crippen LogP contribution in [0.2, 0.25) is 0 Å². The Kier molecular flexibility index (Phi) is 6.51. The minimum absolute atomic E-state index is 0.0281. The van der Waals surface area contributed by atoms with Crippen LogP contribution in [0.4, 0.5) is 0 Å². The lowest BCUT2D eigenvalue weighted by molar-refractivity contribution is 0.0401. The summed E-state index contributed by atoms with van der Waals surface area (Å²) in [4.78, 5) is 17.4. The second-order valence-electron chi connectivity index (χ2n) is 9.00. The number of piperidine rings is 1. The monoisotopic (exact) mass is 418 g/mol. The number of hydrogen-bond acceptors (Lipinski definition) is 6. The third kappa shape index (κ3) is 4.43. The fourth-order valence-corrected chi connectivity index (χ4v) is 5.26. The molecule has 1 amide bonds. The number of carbonyl (C=O) groups excluding carboxylic acids is 1. The Balaban J connectivity index is 1.33. The van der Waals surface area contributed by atoms with Crippen LogP contribution >= 0.6 is 0 Å². The molecule has 7 nitrogen and oxygen atoms in total. The van der Waals surface area contributed by atoms with Crippen molar-refractivity contribution in [1.29, 1.82) is 0 Å². The van der Waals surface area contributed by atoms with Gasteiger partial charge in [0.15, 0.2) is 0 Å². The first kappa shape index (κ1) is 21.4. The molecule has 30 heavy (non-hydrogen) atoms. The zero-order valence-corrected chi connectivity index (χ0v) is 18.1. The molecule has 1 aromatic rings. The first-order chi connectivity index (χ1) is 14.6. The smallest absolute Gasteiger partial charge is 0.254 e. The highest BCUT2D eigenvalue weighted by Crippen LogP contribution is 2.42. The maximum atomic E-state index is 13.1. The maximum absolute atomic E-state index is 13.1. The van der Waals surface area contributed by atoms with E-state index < -0.39 is 0 Å². The van der Waals surface area contributed by atoms with E-state index in [4.69, 9.17) is 14.2 Å². The number of ether oxygens (including phenoxy) is 3. The minimum Gasteiger partial charge on any atom is -0.497 e. The van der Waals surface area contributed by atoms with Gasteiger partial charge in [-0.15, -0.1) is 0 Å². The van der Waals surface area contributed by atoms with E-state index in [9.17, 15) is 9.90 Å². The number of amides is 1. The summed E-state index contributed by atoms with van der Waals surface area (Å²) in [7, 11) is 3.18. The molecule has 3 fully saturated rings. The molecule has 3 aliphatic heterocycles. The summed E-state index contributed by atoms with van der Waals surface area (Å²) in [5, 5.41) is 9.56. The van der Waals surface area contributed by atoms with Crippen LogP contribution in [-0.2, 0) is 4.74 Å². The van der Waals surface area contributed by atoms with Gasteiger partial charge in [0, 0.05) is 37.3 Å². The molecule has 1 aromatic carbocycles. The van der Waals surface area contributed by atoms with Crippen molar-refractivity contribution in [2.75, 3.05) is 53.6 Å². The highest BCUT2D eigenvalue weighted by molar-refractivity contribution is 5.95. The van der Waals surface area contributed by atoms with E-state index in [1.165, 1.54) is 0 Å². The topological polar surface area (TPSA) is 71.5 Å². The number of benzene rings is 1. The van der Waals surface area contributed by atoms with Crippen molar-refractivity contribution < 1.29 is 24.1 Å². The average Bonchev–Trinajstić information content (AvgIpc) is 3.40. The van der Waals surface area contributed by atoms with Crippen LogP contribution < -0.4 is 9.47 Å². The lowest BCUT2D eigenvalue weighted by atomic mass is 9.76. The lowest BCUT2D eigenvalue weighted by Crippen LogP contribution is -2.44. The van der Waals surface area contributed by atoms with Crippen LogP contribution in [0.3, 0.4) is 0 Å². The molecule has 0 saturated carbocycles. The summed E-state index contributed by atoms with van der Waals surface area (Å²) < 4.78 is 16.8. The van der Waals surface area contributed by atoms with Crippen molar-refractivity contribution in [3.05, 3.63) is 23.8 Å². The maximum Gasteiger partial charge on any atom is 0.254 e. The Hall–Kier alpha value is -1.83. The van der Waals surface area contributed by atoms with Crippen molar-refractivity contribution in [3.63, 3.8) is 0 Å². The summed E-state index contributed by atoms with van der Waals surface area (Å²) in [6.07, 6.45) is 5.48. The standard InChI is InChI=1S/C23H34N2O5/c1-28-19-10-17(11-20(12-19)29-2)22(27)24-8-5-23(6-9-24)13-21(30-16-23)14-25-7-3-4-18(25)15-26/h10-12,18,21,26H,3-9,13-16H2,1-2H3/t18-,21+/m0/s1. The third-order valence-electron chi connectivity index (χ3n) is 7.14. The van der Waals surface area contributed by atoms with Crippen molar-refractivity contribution >= 4 is 5.91 Å². The molecule has 4 rings (SSSR count). The Morgan fingerprint density at radius 2 is 1.87 bits per heavy atom. The molecule has 0 aliphatic carbocycles. The van der Waals surface area contributed by atoms with Gasteiger partial charge >= 0.3 is 0 Å². The summed E-state index contributed by atoms with van der Waals surface area (Å²) >= 11 is 0. The second kappa shape index (κ2) is 9.12. The number of rotatable bonds is 6. The summed E-state index contributed by atoms with van der Waals surface area (Å²) in [6.45, 7) is 4.49. The highest BCUT2D eigenvalue weighted by atomic mass is 16.5. The van der Waals surface area contributed by atoms with Gasteiger partial charge < -0.3 is 24.2 Å². The van der Waals surface area contributed by atoms with E-state index >= 15 is 0 Å². The van der Waals surface area contributed by atoms with E-state index in [1.54, 1.807) is 32.4 Å². The summed E-state index contributed by atoms with van der Waals surface area (Å²) in [6, 6.07) is 5.62. The molecule has 0 bridgehead atoms. The third-order valence-corrected chi connectivity index (χ3v) is 7.14. The van der Waals surface area contributed by atoms with Gasteiger partial charge in [-0.05, 0) is 56.2 Å². The predicted octanol–water partition coefficient (Wildman–Crippen LogP) is 2.17. The number of nitrogens with zero attached hydrogens (tertiary/aromatic N) is 2. The molecular formula is C23H34N2O5.